The maximum Gasteiger partial charge on any atom is 0.0988 e. The zero-order valence-corrected chi connectivity index (χ0v) is 8.37. The maximum atomic E-state index is 5.91. The van der Waals surface area contributed by atoms with Gasteiger partial charge in [0, 0.05) is 22.1 Å². The lowest BCUT2D eigenvalue weighted by Gasteiger charge is -2.01. The molecule has 0 saturated carbocycles. The lowest BCUT2D eigenvalue weighted by molar-refractivity contribution is 0.385. The Morgan fingerprint density at radius 3 is 3.07 bits per heavy atom. The first-order valence-corrected chi connectivity index (χ1v) is 5.07. The smallest absolute Gasteiger partial charge is 0.0988 e. The Hall–Kier alpha value is -0.990. The van der Waals surface area contributed by atoms with Crippen LogP contribution in [-0.4, -0.2) is 17.3 Å². The molecule has 72 valence electrons. The average molecular weight is 208 g/mol. The molecule has 1 saturated heterocycles. The summed E-state index contributed by atoms with van der Waals surface area (Å²) in [5.74, 6) is 0. The molecule has 0 N–H and O–H groups in total. The molecule has 0 bridgehead atoms. The molecule has 3 rings (SSSR count). The van der Waals surface area contributed by atoms with Crippen LogP contribution in [0.1, 0.15) is 0 Å². The molecule has 1 atom stereocenters. The van der Waals surface area contributed by atoms with Crippen LogP contribution in [0.4, 0.5) is 0 Å². The van der Waals surface area contributed by atoms with Crippen LogP contribution in [0.25, 0.3) is 10.9 Å². The van der Waals surface area contributed by atoms with Crippen molar-refractivity contribution in [2.24, 2.45) is 0 Å². The van der Waals surface area contributed by atoms with Crippen molar-refractivity contribution in [1.29, 1.82) is 0 Å². The number of epoxide rings is 1. The van der Waals surface area contributed by atoms with E-state index < -0.39 is 0 Å². The van der Waals surface area contributed by atoms with Gasteiger partial charge >= 0.3 is 0 Å². The van der Waals surface area contributed by atoms with Gasteiger partial charge in [0.25, 0.3) is 0 Å². The molecule has 3 heteroatoms. The second-order valence-electron chi connectivity index (χ2n) is 3.63. The van der Waals surface area contributed by atoms with Crippen LogP contribution in [0.3, 0.4) is 0 Å². The summed E-state index contributed by atoms with van der Waals surface area (Å²) in [4.78, 5) is 0. The molecule has 14 heavy (non-hydrogen) atoms. The third-order valence-corrected chi connectivity index (χ3v) is 2.77. The normalized spacial score (nSPS) is 20.2. The summed E-state index contributed by atoms with van der Waals surface area (Å²) in [7, 11) is 0. The summed E-state index contributed by atoms with van der Waals surface area (Å²) in [6.45, 7) is 1.85. The van der Waals surface area contributed by atoms with Gasteiger partial charge in [-0.2, -0.15) is 0 Å². The molecular formula is C11H10ClNO. The minimum absolute atomic E-state index is 0.418. The number of hydrogen-bond acceptors (Lipinski definition) is 1. The van der Waals surface area contributed by atoms with Gasteiger partial charge < -0.3 is 9.30 Å². The first-order chi connectivity index (χ1) is 6.83. The van der Waals surface area contributed by atoms with Gasteiger partial charge in [0.15, 0.2) is 0 Å². The number of halogens is 1. The largest absolute Gasteiger partial charge is 0.371 e. The lowest BCUT2D eigenvalue weighted by Crippen LogP contribution is -2.01. The van der Waals surface area contributed by atoms with Crippen LogP contribution < -0.4 is 0 Å². The molecule has 1 fully saturated rings. The molecule has 2 nitrogen and oxygen atoms in total. The standard InChI is InChI=1S/C11H10ClNO/c12-9-1-2-11-8(5-9)3-4-13(11)6-10-7-14-10/h1-5,10H,6-7H2. The molecule has 1 unspecified atom stereocenters. The van der Waals surface area contributed by atoms with E-state index in [1.54, 1.807) is 0 Å². The van der Waals surface area contributed by atoms with Gasteiger partial charge in [0.1, 0.15) is 0 Å². The molecule has 1 aliphatic rings. The molecule has 1 aromatic carbocycles. The predicted molar refractivity (Wildman–Crippen MR) is 56.7 cm³/mol. The maximum absolute atomic E-state index is 5.91. The minimum Gasteiger partial charge on any atom is -0.371 e. The van der Waals surface area contributed by atoms with Crippen molar-refractivity contribution in [2.45, 2.75) is 12.6 Å². The highest BCUT2D eigenvalue weighted by molar-refractivity contribution is 6.31. The van der Waals surface area contributed by atoms with Gasteiger partial charge in [-0.25, -0.2) is 0 Å². The van der Waals surface area contributed by atoms with E-state index in [1.807, 2.05) is 12.1 Å². The zero-order chi connectivity index (χ0) is 9.54. The third kappa shape index (κ3) is 1.41. The molecule has 0 amide bonds. The molecule has 2 aromatic rings. The lowest BCUT2D eigenvalue weighted by atomic mass is 10.2. The van der Waals surface area contributed by atoms with Crippen molar-refractivity contribution in [1.82, 2.24) is 4.57 Å². The highest BCUT2D eigenvalue weighted by Gasteiger charge is 2.23. The van der Waals surface area contributed by atoms with Crippen molar-refractivity contribution in [3.05, 3.63) is 35.5 Å². The molecule has 0 radical (unpaired) electrons. The number of ether oxygens (including phenoxy) is 1. The number of nitrogens with zero attached hydrogens (tertiary/aromatic N) is 1. The van der Waals surface area contributed by atoms with E-state index in [0.717, 1.165) is 18.2 Å². The second-order valence-corrected chi connectivity index (χ2v) is 4.06. The summed E-state index contributed by atoms with van der Waals surface area (Å²) in [6, 6.07) is 8.05. The Morgan fingerprint density at radius 2 is 2.29 bits per heavy atom. The molecule has 1 aromatic heterocycles. The Bertz CT molecular complexity index is 473. The topological polar surface area (TPSA) is 17.5 Å². The highest BCUT2D eigenvalue weighted by atomic mass is 35.5. The van der Waals surface area contributed by atoms with Crippen molar-refractivity contribution >= 4 is 22.5 Å². The SMILES string of the molecule is Clc1ccc2c(ccn2CC2CO2)c1. The average Bonchev–Trinajstić information content (AvgIpc) is 2.89. The van der Waals surface area contributed by atoms with Crippen LogP contribution >= 0.6 is 11.6 Å². The predicted octanol–water partition coefficient (Wildman–Crippen LogP) is 2.69. The summed E-state index contributed by atoms with van der Waals surface area (Å²) in [5.41, 5.74) is 1.23. The van der Waals surface area contributed by atoms with Crippen molar-refractivity contribution in [3.63, 3.8) is 0 Å². The van der Waals surface area contributed by atoms with Crippen LogP contribution in [-0.2, 0) is 11.3 Å². The second kappa shape index (κ2) is 3.01. The van der Waals surface area contributed by atoms with Crippen molar-refractivity contribution in [3.8, 4) is 0 Å². The van der Waals surface area contributed by atoms with Gasteiger partial charge in [0.05, 0.1) is 19.3 Å². The quantitative estimate of drug-likeness (QED) is 0.693. The van der Waals surface area contributed by atoms with Gasteiger partial charge in [-0.1, -0.05) is 11.6 Å². The molecule has 0 aliphatic carbocycles. The summed E-state index contributed by atoms with van der Waals surface area (Å²) >= 11 is 5.91. The summed E-state index contributed by atoms with van der Waals surface area (Å²) < 4.78 is 7.42. The summed E-state index contributed by atoms with van der Waals surface area (Å²) in [6.07, 6.45) is 2.50. The molecule has 1 aliphatic heterocycles. The van der Waals surface area contributed by atoms with E-state index in [2.05, 4.69) is 22.9 Å². The van der Waals surface area contributed by atoms with Crippen LogP contribution in [0.15, 0.2) is 30.5 Å². The zero-order valence-electron chi connectivity index (χ0n) is 7.61. The van der Waals surface area contributed by atoms with Gasteiger partial charge in [0.2, 0.25) is 0 Å². The minimum atomic E-state index is 0.418. The third-order valence-electron chi connectivity index (χ3n) is 2.54. The fourth-order valence-corrected chi connectivity index (χ4v) is 1.90. The van der Waals surface area contributed by atoms with E-state index in [9.17, 15) is 0 Å². The van der Waals surface area contributed by atoms with Crippen LogP contribution in [0.5, 0.6) is 0 Å². The first kappa shape index (κ1) is 8.33. The van der Waals surface area contributed by atoms with Gasteiger partial charge in [-0.05, 0) is 24.3 Å². The van der Waals surface area contributed by atoms with E-state index >= 15 is 0 Å². The Morgan fingerprint density at radius 1 is 1.43 bits per heavy atom. The number of benzene rings is 1. The molecule has 2 heterocycles. The summed E-state index contributed by atoms with van der Waals surface area (Å²) in [5, 5.41) is 1.98. The van der Waals surface area contributed by atoms with E-state index in [4.69, 9.17) is 16.3 Å². The van der Waals surface area contributed by atoms with E-state index in [-0.39, 0.29) is 0 Å². The molecular weight excluding hydrogens is 198 g/mol. The van der Waals surface area contributed by atoms with Gasteiger partial charge in [-0.15, -0.1) is 0 Å². The van der Waals surface area contributed by atoms with Crippen LogP contribution in [0.2, 0.25) is 5.02 Å². The number of rotatable bonds is 2. The fraction of sp³-hybridized carbons (Fsp3) is 0.273. The highest BCUT2D eigenvalue weighted by Crippen LogP contribution is 2.22. The Labute approximate surface area is 87.0 Å². The monoisotopic (exact) mass is 207 g/mol. The number of hydrogen-bond donors (Lipinski definition) is 0. The van der Waals surface area contributed by atoms with Crippen molar-refractivity contribution < 1.29 is 4.74 Å². The van der Waals surface area contributed by atoms with Crippen molar-refractivity contribution in [2.75, 3.05) is 6.61 Å². The molecule has 0 spiro atoms. The fourth-order valence-electron chi connectivity index (χ4n) is 1.72. The van der Waals surface area contributed by atoms with E-state index in [0.29, 0.717) is 6.10 Å². The Kier molecular flexibility index (Phi) is 1.79. The van der Waals surface area contributed by atoms with Gasteiger partial charge in [-0.3, -0.25) is 0 Å². The van der Waals surface area contributed by atoms with E-state index in [1.165, 1.54) is 10.9 Å². The number of fused-ring (bicyclic) bond motifs is 1. The van der Waals surface area contributed by atoms with Crippen LogP contribution in [0, 0.1) is 0 Å². The Balaban J connectivity index is 2.06. The number of aromatic nitrogens is 1. The first-order valence-electron chi connectivity index (χ1n) is 4.69.